The van der Waals surface area contributed by atoms with Crippen molar-refractivity contribution in [3.63, 3.8) is 0 Å². The van der Waals surface area contributed by atoms with E-state index in [4.69, 9.17) is 9.26 Å². The Morgan fingerprint density at radius 1 is 1.00 bits per heavy atom. The predicted octanol–water partition coefficient (Wildman–Crippen LogP) is 6.22. The largest absolute Gasteiger partial charge is 0.469 e. The van der Waals surface area contributed by atoms with Gasteiger partial charge in [0.25, 0.3) is 0 Å². The lowest BCUT2D eigenvalue weighted by atomic mass is 9.36. The van der Waals surface area contributed by atoms with Gasteiger partial charge in [-0.05, 0) is 90.8 Å². The van der Waals surface area contributed by atoms with E-state index in [2.05, 4.69) is 58.9 Å². The zero-order chi connectivity index (χ0) is 27.5. The first-order chi connectivity index (χ1) is 17.6. The summed E-state index contributed by atoms with van der Waals surface area (Å²) in [4.78, 5) is 27.5. The fraction of sp³-hybridized carbons (Fsp3) is 0.844. The number of hydrogen-bond donors (Lipinski definition) is 1. The monoisotopic (exact) mass is 524 g/mol. The third-order valence-corrected chi connectivity index (χ3v) is 13.5. The number of methoxy groups -OCH3 is 1. The van der Waals surface area contributed by atoms with Gasteiger partial charge in [-0.2, -0.15) is 0 Å². The smallest absolute Gasteiger partial charge is 0.312 e. The fourth-order valence-corrected chi connectivity index (χ4v) is 11.3. The van der Waals surface area contributed by atoms with E-state index in [1.54, 1.807) is 0 Å². The number of amides is 1. The van der Waals surface area contributed by atoms with Crippen LogP contribution in [-0.4, -0.2) is 30.2 Å². The summed E-state index contributed by atoms with van der Waals surface area (Å²) in [5.41, 5.74) is 0.564. The Morgan fingerprint density at radius 3 is 2.42 bits per heavy atom. The van der Waals surface area contributed by atoms with Crippen molar-refractivity contribution < 1.29 is 18.8 Å². The van der Waals surface area contributed by atoms with Gasteiger partial charge in [-0.15, -0.1) is 0 Å². The lowest BCUT2D eigenvalue weighted by Gasteiger charge is -2.68. The van der Waals surface area contributed by atoms with Crippen molar-refractivity contribution in [2.75, 3.05) is 7.11 Å². The molecule has 0 bridgehead atoms. The zero-order valence-electron chi connectivity index (χ0n) is 24.8. The van der Waals surface area contributed by atoms with Crippen molar-refractivity contribution in [2.45, 2.75) is 118 Å². The molecule has 1 aliphatic heterocycles. The second-order valence-corrected chi connectivity index (χ2v) is 15.9. The van der Waals surface area contributed by atoms with E-state index in [1.165, 1.54) is 12.7 Å². The summed E-state index contributed by atoms with van der Waals surface area (Å²) < 4.78 is 11.3. The molecule has 1 saturated heterocycles. The molecule has 6 nitrogen and oxygen atoms in total. The van der Waals surface area contributed by atoms with Crippen molar-refractivity contribution in [3.05, 3.63) is 17.5 Å². The quantitative estimate of drug-likeness (QED) is 0.441. The summed E-state index contributed by atoms with van der Waals surface area (Å²) in [5, 5.41) is 7.83. The van der Waals surface area contributed by atoms with Gasteiger partial charge in [-0.25, -0.2) is 0 Å². The number of hydrogen-bond acceptors (Lipinski definition) is 5. The molecule has 3 saturated carbocycles. The minimum Gasteiger partial charge on any atom is -0.469 e. The molecular formula is C32H48N2O4. The maximum atomic E-state index is 14.0. The molecular weight excluding hydrogens is 476 g/mol. The number of rotatable bonds is 1. The summed E-state index contributed by atoms with van der Waals surface area (Å²) >= 11 is 0. The van der Waals surface area contributed by atoms with Gasteiger partial charge in [0.05, 0.1) is 18.7 Å². The molecule has 0 spiro atoms. The molecule has 1 aromatic heterocycles. The highest BCUT2D eigenvalue weighted by atomic mass is 16.5. The van der Waals surface area contributed by atoms with Gasteiger partial charge in [-0.1, -0.05) is 53.6 Å². The average molecular weight is 525 g/mol. The number of fused-ring (bicyclic) bond motifs is 8. The Bertz CT molecular complexity index is 1170. The second kappa shape index (κ2) is 7.87. The molecule has 1 amide bonds. The second-order valence-electron chi connectivity index (χ2n) is 15.9. The van der Waals surface area contributed by atoms with E-state index < -0.39 is 5.41 Å². The molecule has 2 heterocycles. The molecule has 0 aromatic carbocycles. The molecule has 1 unspecified atom stereocenters. The van der Waals surface area contributed by atoms with Crippen LogP contribution in [0.2, 0.25) is 0 Å². The standard InChI is InChI=1S/C32H48N2O4/c1-27(2)11-13-32(26(36)37-8)14-12-31(7)24(20(32)17-27)34-23(35)15-22-29(5)16-19-18-33-38-25(19)28(3,4)21(29)9-10-30(22,31)6/h18,20-22,24H,9-17H2,1-8H3,(H,34,35)/t20-,21-,22+,24+,29-,30+,31+,32?/m0/s1. The van der Waals surface area contributed by atoms with Crippen LogP contribution in [0, 0.1) is 44.8 Å². The lowest BCUT2D eigenvalue weighted by Crippen LogP contribution is -2.68. The number of aromatic nitrogens is 1. The first kappa shape index (κ1) is 26.4. The van der Waals surface area contributed by atoms with Crippen molar-refractivity contribution >= 4 is 11.9 Å². The topological polar surface area (TPSA) is 81.4 Å². The Balaban J connectivity index is 1.48. The molecule has 5 aliphatic rings. The molecule has 0 radical (unpaired) electrons. The van der Waals surface area contributed by atoms with Gasteiger partial charge in [0.1, 0.15) is 5.76 Å². The number of nitrogens with zero attached hydrogens (tertiary/aromatic N) is 1. The Labute approximate surface area is 228 Å². The maximum Gasteiger partial charge on any atom is 0.312 e. The first-order valence-corrected chi connectivity index (χ1v) is 15.0. The molecule has 6 heteroatoms. The number of carbonyl (C=O) groups is 2. The molecule has 6 rings (SSSR count). The molecule has 1 N–H and O–H groups in total. The van der Waals surface area contributed by atoms with Crippen LogP contribution in [0.15, 0.2) is 10.7 Å². The van der Waals surface area contributed by atoms with Crippen molar-refractivity contribution in [1.82, 2.24) is 10.5 Å². The van der Waals surface area contributed by atoms with Crippen molar-refractivity contribution in [3.8, 4) is 0 Å². The molecule has 4 aliphatic carbocycles. The average Bonchev–Trinajstić information content (AvgIpc) is 3.28. The molecule has 4 fully saturated rings. The van der Waals surface area contributed by atoms with Crippen LogP contribution in [-0.2, 0) is 26.2 Å². The van der Waals surface area contributed by atoms with Crippen LogP contribution in [0.3, 0.4) is 0 Å². The highest BCUT2D eigenvalue weighted by Crippen LogP contribution is 2.73. The summed E-state index contributed by atoms with van der Waals surface area (Å²) in [6, 6.07) is -0.0275. The van der Waals surface area contributed by atoms with Crippen LogP contribution in [0.5, 0.6) is 0 Å². The van der Waals surface area contributed by atoms with Crippen molar-refractivity contribution in [2.24, 2.45) is 44.8 Å². The highest BCUT2D eigenvalue weighted by molar-refractivity contribution is 5.80. The summed E-state index contributed by atoms with van der Waals surface area (Å²) in [7, 11) is 1.54. The number of esters is 1. The molecule has 38 heavy (non-hydrogen) atoms. The van der Waals surface area contributed by atoms with Gasteiger partial charge >= 0.3 is 5.97 Å². The van der Waals surface area contributed by atoms with E-state index in [9.17, 15) is 9.59 Å². The minimum absolute atomic E-state index is 0.0275. The lowest BCUT2D eigenvalue weighted by molar-refractivity contribution is -0.197. The van der Waals surface area contributed by atoms with Gasteiger partial charge in [0.2, 0.25) is 5.91 Å². The van der Waals surface area contributed by atoms with Crippen LogP contribution in [0.4, 0.5) is 0 Å². The van der Waals surface area contributed by atoms with Gasteiger partial charge in [0.15, 0.2) is 0 Å². The van der Waals surface area contributed by atoms with Crippen LogP contribution in [0.1, 0.15) is 111 Å². The van der Waals surface area contributed by atoms with E-state index >= 15 is 0 Å². The third-order valence-electron chi connectivity index (χ3n) is 13.5. The summed E-state index contributed by atoms with van der Waals surface area (Å²) in [5.74, 6) is 1.89. The Morgan fingerprint density at radius 2 is 1.71 bits per heavy atom. The number of ether oxygens (including phenoxy) is 1. The van der Waals surface area contributed by atoms with E-state index in [-0.39, 0.29) is 56.8 Å². The predicted molar refractivity (Wildman–Crippen MR) is 145 cm³/mol. The third kappa shape index (κ3) is 3.15. The van der Waals surface area contributed by atoms with Crippen LogP contribution in [0.25, 0.3) is 0 Å². The minimum atomic E-state index is -0.497. The Kier molecular flexibility index (Phi) is 5.47. The SMILES string of the molecule is COC(=O)C12CCC(C)(C)C[C@H]1[C@H]1NC(=O)C[C@@H]3[C@@]4(C)Cc5cnoc5C(C)(C)[C@@H]4CC[C@@]3(C)[C@]1(C)CC2. The molecule has 8 atom stereocenters. The van der Waals surface area contributed by atoms with E-state index in [0.717, 1.165) is 57.1 Å². The Hall–Kier alpha value is -1.85. The number of nitrogens with one attached hydrogen (secondary N) is 1. The zero-order valence-corrected chi connectivity index (χ0v) is 24.8. The van der Waals surface area contributed by atoms with E-state index in [1.807, 2.05) is 6.20 Å². The highest BCUT2D eigenvalue weighted by Gasteiger charge is 2.71. The first-order valence-electron chi connectivity index (χ1n) is 15.0. The molecule has 210 valence electrons. The normalized spacial score (nSPS) is 46.7. The van der Waals surface area contributed by atoms with Gasteiger partial charge < -0.3 is 14.6 Å². The van der Waals surface area contributed by atoms with Gasteiger partial charge in [-0.3, -0.25) is 9.59 Å². The van der Waals surface area contributed by atoms with Crippen LogP contribution >= 0.6 is 0 Å². The maximum absolute atomic E-state index is 14.0. The van der Waals surface area contributed by atoms with Crippen LogP contribution < -0.4 is 5.32 Å². The number of carbonyl (C=O) groups excluding carboxylic acids is 2. The van der Waals surface area contributed by atoms with Crippen molar-refractivity contribution in [1.29, 1.82) is 0 Å². The summed E-state index contributed by atoms with van der Waals surface area (Å²) in [6.07, 6.45) is 10.2. The molecule has 1 aromatic rings. The van der Waals surface area contributed by atoms with Gasteiger partial charge in [0, 0.05) is 23.4 Å². The van der Waals surface area contributed by atoms with E-state index in [0.29, 0.717) is 12.3 Å². The fourth-order valence-electron chi connectivity index (χ4n) is 11.3. The summed E-state index contributed by atoms with van der Waals surface area (Å²) in [6.45, 7) is 16.7.